The van der Waals surface area contributed by atoms with Crippen molar-refractivity contribution in [2.45, 2.75) is 31.7 Å². The Morgan fingerprint density at radius 2 is 2.22 bits per heavy atom. The maximum absolute atomic E-state index is 12.0. The summed E-state index contributed by atoms with van der Waals surface area (Å²) in [6, 6.07) is 0.258. The van der Waals surface area contributed by atoms with Gasteiger partial charge < -0.3 is 10.4 Å². The van der Waals surface area contributed by atoms with E-state index in [1.807, 2.05) is 0 Å². The lowest BCUT2D eigenvalue weighted by atomic mass is 9.95. The van der Waals surface area contributed by atoms with Crippen LogP contribution in [0.15, 0.2) is 5.38 Å². The molecule has 0 spiro atoms. The van der Waals surface area contributed by atoms with Gasteiger partial charge in [0, 0.05) is 11.4 Å². The number of amides is 1. The number of nitrogens with one attached hydrogen (secondary N) is 1. The molecule has 0 aromatic carbocycles. The van der Waals surface area contributed by atoms with Crippen LogP contribution in [0.5, 0.6) is 0 Å². The van der Waals surface area contributed by atoms with E-state index in [2.05, 4.69) is 10.3 Å². The monoisotopic (exact) mass is 266 g/mol. The summed E-state index contributed by atoms with van der Waals surface area (Å²) in [5.41, 5.74) is -0.0573. The summed E-state index contributed by atoms with van der Waals surface area (Å²) in [7, 11) is 0. The number of nitrogens with zero attached hydrogens (tertiary/aromatic N) is 1. The Labute approximate surface area is 108 Å². The standard InChI is InChI=1S/C12H14N2O3S/c15-10(11-14-9(5-18-11)12(16)17)13-8-4-6-1-2-7(8)3-6/h5-8H,1-4H2,(H,13,15)(H,16,17). The zero-order valence-corrected chi connectivity index (χ0v) is 10.6. The van der Waals surface area contributed by atoms with Gasteiger partial charge in [0.05, 0.1) is 0 Å². The fraction of sp³-hybridized carbons (Fsp3) is 0.583. The normalized spacial score (nSPS) is 29.4. The first-order chi connectivity index (χ1) is 8.63. The molecule has 2 bridgehead atoms. The van der Waals surface area contributed by atoms with Gasteiger partial charge in [0.2, 0.25) is 0 Å². The van der Waals surface area contributed by atoms with Crippen molar-refractivity contribution in [2.75, 3.05) is 0 Å². The third-order valence-electron chi connectivity index (χ3n) is 3.97. The maximum atomic E-state index is 12.0. The van der Waals surface area contributed by atoms with E-state index < -0.39 is 5.97 Å². The number of fused-ring (bicyclic) bond motifs is 2. The third kappa shape index (κ3) is 2.01. The highest BCUT2D eigenvalue weighted by atomic mass is 32.1. The number of carboxylic acids is 1. The second-order valence-electron chi connectivity index (χ2n) is 5.10. The first-order valence-electron chi connectivity index (χ1n) is 6.13. The molecule has 0 aliphatic heterocycles. The highest BCUT2D eigenvalue weighted by Gasteiger charge is 2.40. The molecular weight excluding hydrogens is 252 g/mol. The summed E-state index contributed by atoms with van der Waals surface area (Å²) in [6.07, 6.45) is 4.78. The molecule has 0 radical (unpaired) electrons. The molecule has 3 unspecified atom stereocenters. The molecule has 1 aromatic heterocycles. The Kier molecular flexibility index (Phi) is 2.81. The Bertz CT molecular complexity index is 499. The highest BCUT2D eigenvalue weighted by molar-refractivity contribution is 7.11. The Hall–Kier alpha value is -1.43. The van der Waals surface area contributed by atoms with Crippen LogP contribution in [0.3, 0.4) is 0 Å². The van der Waals surface area contributed by atoms with Gasteiger partial charge in [-0.25, -0.2) is 9.78 Å². The molecule has 6 heteroatoms. The average Bonchev–Trinajstić information content (AvgIpc) is 3.04. The van der Waals surface area contributed by atoms with Crippen molar-refractivity contribution in [1.29, 1.82) is 0 Å². The van der Waals surface area contributed by atoms with Crippen LogP contribution in [-0.4, -0.2) is 28.0 Å². The van der Waals surface area contributed by atoms with Gasteiger partial charge in [-0.3, -0.25) is 4.79 Å². The molecule has 0 saturated heterocycles. The molecule has 5 nitrogen and oxygen atoms in total. The summed E-state index contributed by atoms with van der Waals surface area (Å²) in [6.45, 7) is 0. The van der Waals surface area contributed by atoms with Gasteiger partial charge in [0.1, 0.15) is 0 Å². The molecule has 1 aromatic rings. The molecule has 2 aliphatic rings. The number of hydrogen-bond acceptors (Lipinski definition) is 4. The van der Waals surface area contributed by atoms with Crippen molar-refractivity contribution in [3.05, 3.63) is 16.1 Å². The van der Waals surface area contributed by atoms with Gasteiger partial charge in [-0.1, -0.05) is 6.42 Å². The zero-order chi connectivity index (χ0) is 12.7. The molecule has 3 atom stereocenters. The van der Waals surface area contributed by atoms with Gasteiger partial charge in [-0.05, 0) is 31.1 Å². The predicted molar refractivity (Wildman–Crippen MR) is 65.8 cm³/mol. The molecule has 3 rings (SSSR count). The van der Waals surface area contributed by atoms with Gasteiger partial charge in [0.25, 0.3) is 5.91 Å². The Balaban J connectivity index is 1.65. The number of hydrogen-bond donors (Lipinski definition) is 2. The van der Waals surface area contributed by atoms with Crippen LogP contribution in [0.2, 0.25) is 0 Å². The predicted octanol–water partition coefficient (Wildman–Crippen LogP) is 1.76. The summed E-state index contributed by atoms with van der Waals surface area (Å²) >= 11 is 1.09. The van der Waals surface area contributed by atoms with E-state index >= 15 is 0 Å². The van der Waals surface area contributed by atoms with Crippen LogP contribution in [0.1, 0.15) is 46.0 Å². The lowest BCUT2D eigenvalue weighted by Gasteiger charge is -2.22. The van der Waals surface area contributed by atoms with Crippen molar-refractivity contribution < 1.29 is 14.7 Å². The van der Waals surface area contributed by atoms with E-state index in [0.717, 1.165) is 23.7 Å². The summed E-state index contributed by atoms with van der Waals surface area (Å²) < 4.78 is 0. The van der Waals surface area contributed by atoms with E-state index in [1.54, 1.807) is 0 Å². The largest absolute Gasteiger partial charge is 0.476 e. The van der Waals surface area contributed by atoms with Crippen molar-refractivity contribution in [3.63, 3.8) is 0 Å². The molecule has 96 valence electrons. The van der Waals surface area contributed by atoms with E-state index in [0.29, 0.717) is 5.92 Å². The Morgan fingerprint density at radius 1 is 1.39 bits per heavy atom. The molecule has 2 fully saturated rings. The van der Waals surface area contributed by atoms with Crippen molar-refractivity contribution >= 4 is 23.2 Å². The number of aromatic nitrogens is 1. The fourth-order valence-corrected chi connectivity index (χ4v) is 3.82. The van der Waals surface area contributed by atoms with Crippen LogP contribution < -0.4 is 5.32 Å². The number of aromatic carboxylic acids is 1. The summed E-state index contributed by atoms with van der Waals surface area (Å²) in [5, 5.41) is 13.4. The quantitative estimate of drug-likeness (QED) is 0.873. The number of rotatable bonds is 3. The minimum atomic E-state index is -1.09. The molecule has 2 N–H and O–H groups in total. The van der Waals surface area contributed by atoms with E-state index in [1.165, 1.54) is 24.6 Å². The van der Waals surface area contributed by atoms with Gasteiger partial charge >= 0.3 is 5.97 Å². The van der Waals surface area contributed by atoms with Crippen LogP contribution >= 0.6 is 11.3 Å². The number of carboxylic acid groups (broad SMARTS) is 1. The fourth-order valence-electron chi connectivity index (χ4n) is 3.13. The molecule has 1 heterocycles. The van der Waals surface area contributed by atoms with Crippen molar-refractivity contribution in [1.82, 2.24) is 10.3 Å². The van der Waals surface area contributed by atoms with Gasteiger partial charge in [-0.2, -0.15) is 0 Å². The van der Waals surface area contributed by atoms with E-state index in [4.69, 9.17) is 5.11 Å². The van der Waals surface area contributed by atoms with E-state index in [9.17, 15) is 9.59 Å². The Morgan fingerprint density at radius 3 is 2.78 bits per heavy atom. The first kappa shape index (κ1) is 11.6. The van der Waals surface area contributed by atoms with Crippen molar-refractivity contribution in [2.24, 2.45) is 11.8 Å². The summed E-state index contributed by atoms with van der Waals surface area (Å²) in [5.74, 6) is 0.0549. The first-order valence-corrected chi connectivity index (χ1v) is 7.01. The molecular formula is C12H14N2O3S. The number of thiazole rings is 1. The van der Waals surface area contributed by atoms with E-state index in [-0.39, 0.29) is 22.7 Å². The maximum Gasteiger partial charge on any atom is 0.355 e. The highest BCUT2D eigenvalue weighted by Crippen LogP contribution is 2.44. The summed E-state index contributed by atoms with van der Waals surface area (Å²) in [4.78, 5) is 26.5. The topological polar surface area (TPSA) is 79.3 Å². The minimum Gasteiger partial charge on any atom is -0.476 e. The second kappa shape index (κ2) is 4.35. The molecule has 18 heavy (non-hydrogen) atoms. The van der Waals surface area contributed by atoms with Crippen LogP contribution in [-0.2, 0) is 0 Å². The van der Waals surface area contributed by atoms with Gasteiger partial charge in [0.15, 0.2) is 10.7 Å². The molecule has 2 saturated carbocycles. The third-order valence-corrected chi connectivity index (χ3v) is 4.81. The van der Waals surface area contributed by atoms with Crippen molar-refractivity contribution in [3.8, 4) is 0 Å². The molecule has 2 aliphatic carbocycles. The number of carbonyl (C=O) groups is 2. The number of carbonyl (C=O) groups excluding carboxylic acids is 1. The van der Waals surface area contributed by atoms with Crippen LogP contribution in [0.4, 0.5) is 0 Å². The second-order valence-corrected chi connectivity index (χ2v) is 5.96. The minimum absolute atomic E-state index is 0.0573. The van der Waals surface area contributed by atoms with Crippen LogP contribution in [0, 0.1) is 11.8 Å². The smallest absolute Gasteiger partial charge is 0.355 e. The van der Waals surface area contributed by atoms with Gasteiger partial charge in [-0.15, -0.1) is 11.3 Å². The lowest BCUT2D eigenvalue weighted by Crippen LogP contribution is -2.38. The van der Waals surface area contributed by atoms with Crippen LogP contribution in [0.25, 0.3) is 0 Å². The average molecular weight is 266 g/mol. The lowest BCUT2D eigenvalue weighted by molar-refractivity contribution is 0.0691. The zero-order valence-electron chi connectivity index (χ0n) is 9.76. The molecule has 1 amide bonds. The SMILES string of the molecule is O=C(O)c1csc(C(=O)NC2CC3CCC2C3)n1.